The molecule has 5 heteroatoms. The summed E-state index contributed by atoms with van der Waals surface area (Å²) in [6.07, 6.45) is 1.29. The van der Waals surface area contributed by atoms with Crippen LogP contribution < -0.4 is 5.56 Å². The van der Waals surface area contributed by atoms with Crippen molar-refractivity contribution in [2.75, 3.05) is 0 Å². The molecule has 0 unspecified atom stereocenters. The number of H-pyrrole nitrogens is 1. The van der Waals surface area contributed by atoms with Gasteiger partial charge in [-0.25, -0.2) is 9.31 Å². The average molecular weight is 178 g/mol. The zero-order valence-corrected chi connectivity index (χ0v) is 6.52. The Hall–Kier alpha value is -2.04. The molecule has 0 aromatic carbocycles. The lowest BCUT2D eigenvalue weighted by Crippen LogP contribution is -2.11. The molecule has 0 amide bonds. The van der Waals surface area contributed by atoms with Crippen molar-refractivity contribution in [3.8, 4) is 0 Å². The second kappa shape index (κ2) is 2.48. The number of rotatable bonds is 1. The molecule has 0 saturated heterocycles. The van der Waals surface area contributed by atoms with Crippen LogP contribution in [0.3, 0.4) is 0 Å². The second-order valence-corrected chi connectivity index (χ2v) is 2.58. The number of fused-ring (bicyclic) bond motifs is 1. The molecular formula is C8H6N2O3. The van der Waals surface area contributed by atoms with Gasteiger partial charge in [0.15, 0.2) is 0 Å². The first-order valence-electron chi connectivity index (χ1n) is 3.62. The maximum Gasteiger partial charge on any atom is 0.339 e. The number of carboxylic acids is 1. The Morgan fingerprint density at radius 3 is 2.92 bits per heavy atom. The van der Waals surface area contributed by atoms with E-state index in [1.165, 1.54) is 22.8 Å². The van der Waals surface area contributed by atoms with Gasteiger partial charge in [-0.1, -0.05) is 6.07 Å². The van der Waals surface area contributed by atoms with Crippen molar-refractivity contribution in [1.82, 2.24) is 9.61 Å². The van der Waals surface area contributed by atoms with Crippen LogP contribution in [0, 0.1) is 0 Å². The summed E-state index contributed by atoms with van der Waals surface area (Å²) in [6.45, 7) is 0. The summed E-state index contributed by atoms with van der Waals surface area (Å²) in [6, 6.07) is 4.45. The average Bonchev–Trinajstić information content (AvgIpc) is 2.48. The molecule has 0 aliphatic carbocycles. The molecule has 2 aromatic heterocycles. The predicted octanol–water partition coefficient (Wildman–Crippen LogP) is 0.326. The molecule has 0 saturated carbocycles. The van der Waals surface area contributed by atoms with Crippen molar-refractivity contribution in [3.63, 3.8) is 0 Å². The normalized spacial score (nSPS) is 10.5. The fourth-order valence-corrected chi connectivity index (χ4v) is 1.21. The first kappa shape index (κ1) is 7.60. The van der Waals surface area contributed by atoms with Crippen LogP contribution in [-0.2, 0) is 0 Å². The first-order chi connectivity index (χ1) is 6.20. The summed E-state index contributed by atoms with van der Waals surface area (Å²) < 4.78 is 1.18. The van der Waals surface area contributed by atoms with E-state index in [2.05, 4.69) is 5.10 Å². The van der Waals surface area contributed by atoms with E-state index in [1.54, 1.807) is 6.07 Å². The van der Waals surface area contributed by atoms with E-state index in [4.69, 9.17) is 5.11 Å². The first-order valence-corrected chi connectivity index (χ1v) is 3.62. The monoisotopic (exact) mass is 178 g/mol. The van der Waals surface area contributed by atoms with Gasteiger partial charge < -0.3 is 5.11 Å². The molecule has 5 nitrogen and oxygen atoms in total. The van der Waals surface area contributed by atoms with Gasteiger partial charge in [-0.3, -0.25) is 9.89 Å². The van der Waals surface area contributed by atoms with Crippen molar-refractivity contribution < 1.29 is 9.90 Å². The zero-order chi connectivity index (χ0) is 9.42. The smallest absolute Gasteiger partial charge is 0.339 e. The number of aromatic nitrogens is 2. The van der Waals surface area contributed by atoms with Crippen molar-refractivity contribution in [2.45, 2.75) is 0 Å². The van der Waals surface area contributed by atoms with Crippen molar-refractivity contribution >= 4 is 11.5 Å². The van der Waals surface area contributed by atoms with Gasteiger partial charge in [0.25, 0.3) is 5.56 Å². The second-order valence-electron chi connectivity index (χ2n) is 2.58. The van der Waals surface area contributed by atoms with E-state index in [-0.39, 0.29) is 11.1 Å². The highest BCUT2D eigenvalue weighted by Gasteiger charge is 2.09. The zero-order valence-electron chi connectivity index (χ0n) is 6.52. The third-order valence-electron chi connectivity index (χ3n) is 1.80. The molecule has 0 fully saturated rings. The summed E-state index contributed by atoms with van der Waals surface area (Å²) in [7, 11) is 0. The highest BCUT2D eigenvalue weighted by molar-refractivity contribution is 5.95. The number of carbonyl (C=O) groups is 1. The van der Waals surface area contributed by atoms with Crippen LogP contribution in [0.1, 0.15) is 10.4 Å². The molecule has 2 rings (SSSR count). The molecule has 13 heavy (non-hydrogen) atoms. The van der Waals surface area contributed by atoms with E-state index in [0.29, 0.717) is 5.52 Å². The molecule has 0 aliphatic heterocycles. The molecule has 0 bridgehead atoms. The highest BCUT2D eigenvalue weighted by atomic mass is 16.4. The number of nitrogens with zero attached hydrogens (tertiary/aromatic N) is 1. The number of pyridine rings is 1. The molecule has 0 radical (unpaired) electrons. The Kier molecular flexibility index (Phi) is 1.45. The Morgan fingerprint density at radius 2 is 2.23 bits per heavy atom. The highest BCUT2D eigenvalue weighted by Crippen LogP contribution is 2.06. The van der Waals surface area contributed by atoms with E-state index in [0.717, 1.165) is 0 Å². The van der Waals surface area contributed by atoms with Crippen LogP contribution in [0.15, 0.2) is 29.2 Å². The van der Waals surface area contributed by atoms with E-state index >= 15 is 0 Å². The molecule has 66 valence electrons. The molecule has 0 spiro atoms. The van der Waals surface area contributed by atoms with Gasteiger partial charge in [-0.15, -0.1) is 0 Å². The lowest BCUT2D eigenvalue weighted by Gasteiger charge is -1.91. The lowest BCUT2D eigenvalue weighted by atomic mass is 10.3. The number of hydrogen-bond donors (Lipinski definition) is 2. The van der Waals surface area contributed by atoms with Crippen LogP contribution >= 0.6 is 0 Å². The fraction of sp³-hybridized carbons (Fsp3) is 0. The van der Waals surface area contributed by atoms with Crippen molar-refractivity contribution in [2.24, 2.45) is 0 Å². The Balaban J connectivity index is 2.91. The van der Waals surface area contributed by atoms with Crippen molar-refractivity contribution in [3.05, 3.63) is 40.3 Å². The molecule has 0 aliphatic rings. The standard InChI is InChI=1S/C8H6N2O3/c11-7-3-1-2-6-5(8(12)13)4-9-10(6)7/h1-4,9H,(H,12,13). The van der Waals surface area contributed by atoms with Crippen molar-refractivity contribution in [1.29, 1.82) is 0 Å². The minimum absolute atomic E-state index is 0.0951. The molecule has 2 N–H and O–H groups in total. The minimum atomic E-state index is -1.05. The van der Waals surface area contributed by atoms with Gasteiger partial charge in [0.05, 0.1) is 5.52 Å². The summed E-state index contributed by atoms with van der Waals surface area (Å²) in [5, 5.41) is 11.3. The van der Waals surface area contributed by atoms with E-state index in [9.17, 15) is 9.59 Å². The topological polar surface area (TPSA) is 74.6 Å². The van der Waals surface area contributed by atoms with Gasteiger partial charge in [-0.05, 0) is 6.07 Å². The molecule has 2 aromatic rings. The van der Waals surface area contributed by atoms with Gasteiger partial charge in [0.2, 0.25) is 0 Å². The third-order valence-corrected chi connectivity index (χ3v) is 1.80. The Morgan fingerprint density at radius 1 is 1.46 bits per heavy atom. The fourth-order valence-electron chi connectivity index (χ4n) is 1.21. The van der Waals surface area contributed by atoms with Crippen LogP contribution in [0.4, 0.5) is 0 Å². The summed E-state index contributed by atoms with van der Waals surface area (Å²) in [5.41, 5.74) is 0.197. The number of nitrogens with one attached hydrogen (secondary N) is 1. The number of hydrogen-bond acceptors (Lipinski definition) is 2. The number of aromatic carboxylic acids is 1. The van der Waals surface area contributed by atoms with Crippen LogP contribution in [0.25, 0.3) is 5.52 Å². The minimum Gasteiger partial charge on any atom is -0.478 e. The maximum atomic E-state index is 11.2. The predicted molar refractivity (Wildman–Crippen MR) is 45.0 cm³/mol. The number of carboxylic acid groups (broad SMARTS) is 1. The quantitative estimate of drug-likeness (QED) is 0.660. The number of aromatic amines is 1. The third kappa shape index (κ3) is 1.01. The van der Waals surface area contributed by atoms with Crippen LogP contribution in [0.2, 0.25) is 0 Å². The summed E-state index contributed by atoms with van der Waals surface area (Å²) in [5.74, 6) is -1.05. The van der Waals surface area contributed by atoms with Gasteiger partial charge in [0.1, 0.15) is 5.56 Å². The van der Waals surface area contributed by atoms with Gasteiger partial charge in [-0.2, -0.15) is 0 Å². The van der Waals surface area contributed by atoms with E-state index in [1.807, 2.05) is 0 Å². The Labute approximate surface area is 72.2 Å². The maximum absolute atomic E-state index is 11.2. The largest absolute Gasteiger partial charge is 0.478 e. The molecule has 2 heterocycles. The molecule has 0 atom stereocenters. The molecular weight excluding hydrogens is 172 g/mol. The van der Waals surface area contributed by atoms with Crippen LogP contribution in [-0.4, -0.2) is 20.7 Å². The Bertz CT molecular complexity index is 523. The van der Waals surface area contributed by atoms with Gasteiger partial charge >= 0.3 is 5.97 Å². The summed E-state index contributed by atoms with van der Waals surface area (Å²) in [4.78, 5) is 21.8. The van der Waals surface area contributed by atoms with E-state index < -0.39 is 5.97 Å². The summed E-state index contributed by atoms with van der Waals surface area (Å²) >= 11 is 0. The van der Waals surface area contributed by atoms with Crippen LogP contribution in [0.5, 0.6) is 0 Å². The van der Waals surface area contributed by atoms with Gasteiger partial charge in [0, 0.05) is 12.3 Å². The lowest BCUT2D eigenvalue weighted by molar-refractivity contribution is 0.0699. The SMILES string of the molecule is O=C(O)c1c[nH]n2c(=O)cccc12.